The van der Waals surface area contributed by atoms with E-state index in [2.05, 4.69) is 11.1 Å². The molecule has 7 nitrogen and oxygen atoms in total. The summed E-state index contributed by atoms with van der Waals surface area (Å²) >= 11 is 6.16. The van der Waals surface area contributed by atoms with Crippen molar-refractivity contribution in [3.63, 3.8) is 0 Å². The molecule has 0 bridgehead atoms. The number of hydrogen-bond donors (Lipinski definition) is 1. The molecule has 0 aliphatic heterocycles. The lowest BCUT2D eigenvalue weighted by molar-refractivity contribution is 0.580. The average Bonchev–Trinajstić information content (AvgIpc) is 3.32. The van der Waals surface area contributed by atoms with E-state index in [0.29, 0.717) is 32.9 Å². The van der Waals surface area contributed by atoms with E-state index < -0.39 is 5.54 Å². The van der Waals surface area contributed by atoms with Gasteiger partial charge in [0.25, 0.3) is 5.56 Å². The SMILES string of the molecule is Cn1cncc1C(N)(c1ccc(Cl)cc1)c1ccc2c(n1)c(-c1cccc(C#N)c1)cc(=O)n2C. The van der Waals surface area contributed by atoms with Gasteiger partial charge in [0.05, 0.1) is 46.6 Å². The first-order valence-corrected chi connectivity index (χ1v) is 11.2. The van der Waals surface area contributed by atoms with Crippen LogP contribution in [0.2, 0.25) is 5.02 Å². The van der Waals surface area contributed by atoms with Gasteiger partial charge in [-0.25, -0.2) is 9.97 Å². The van der Waals surface area contributed by atoms with Crippen LogP contribution in [0.25, 0.3) is 22.2 Å². The Hall–Kier alpha value is -4.25. The largest absolute Gasteiger partial charge is 0.335 e. The number of hydrogen-bond acceptors (Lipinski definition) is 5. The summed E-state index contributed by atoms with van der Waals surface area (Å²) in [6.07, 6.45) is 3.41. The minimum Gasteiger partial charge on any atom is -0.335 e. The normalized spacial score (nSPS) is 12.9. The molecule has 0 fully saturated rings. The molecule has 2 aromatic carbocycles. The highest BCUT2D eigenvalue weighted by atomic mass is 35.5. The van der Waals surface area contributed by atoms with E-state index in [1.807, 2.05) is 41.9 Å². The highest BCUT2D eigenvalue weighted by Crippen LogP contribution is 2.35. The number of imidazole rings is 1. The number of aryl methyl sites for hydroxylation is 2. The number of nitrogens with zero attached hydrogens (tertiary/aromatic N) is 5. The van der Waals surface area contributed by atoms with Crippen LogP contribution in [-0.4, -0.2) is 19.1 Å². The van der Waals surface area contributed by atoms with Gasteiger partial charge in [0, 0.05) is 30.7 Å². The van der Waals surface area contributed by atoms with Gasteiger partial charge in [-0.1, -0.05) is 35.9 Å². The highest BCUT2D eigenvalue weighted by molar-refractivity contribution is 6.30. The summed E-state index contributed by atoms with van der Waals surface area (Å²) in [5.74, 6) is 0. The molecule has 1 unspecified atom stereocenters. The Morgan fingerprint density at radius 2 is 1.83 bits per heavy atom. The van der Waals surface area contributed by atoms with Gasteiger partial charge < -0.3 is 14.9 Å². The number of fused-ring (bicyclic) bond motifs is 1. The number of aromatic nitrogens is 4. The van der Waals surface area contributed by atoms with Gasteiger partial charge in [0.1, 0.15) is 5.54 Å². The predicted molar refractivity (Wildman–Crippen MR) is 136 cm³/mol. The van der Waals surface area contributed by atoms with Gasteiger partial charge in [-0.3, -0.25) is 4.79 Å². The molecular weight excluding hydrogens is 460 g/mol. The second kappa shape index (κ2) is 8.51. The monoisotopic (exact) mass is 480 g/mol. The van der Waals surface area contributed by atoms with Crippen molar-refractivity contribution in [1.82, 2.24) is 19.1 Å². The second-order valence-corrected chi connectivity index (χ2v) is 8.85. The molecule has 35 heavy (non-hydrogen) atoms. The fraction of sp³-hybridized carbons (Fsp3) is 0.111. The smallest absolute Gasteiger partial charge is 0.251 e. The van der Waals surface area contributed by atoms with Crippen LogP contribution in [0.3, 0.4) is 0 Å². The molecule has 0 radical (unpaired) electrons. The topological polar surface area (TPSA) is 103 Å². The van der Waals surface area contributed by atoms with Crippen LogP contribution in [-0.2, 0) is 19.6 Å². The molecule has 1 atom stereocenters. The third-order valence-electron chi connectivity index (χ3n) is 6.32. The molecule has 2 N–H and O–H groups in total. The van der Waals surface area contributed by atoms with Gasteiger partial charge in [0.2, 0.25) is 0 Å². The van der Waals surface area contributed by atoms with E-state index in [1.165, 1.54) is 0 Å². The van der Waals surface area contributed by atoms with Crippen molar-refractivity contribution in [3.05, 3.63) is 117 Å². The first kappa shape index (κ1) is 22.5. The number of nitrogens with two attached hydrogens (primary N) is 1. The molecule has 5 rings (SSSR count). The Kier molecular flexibility index (Phi) is 5.48. The Morgan fingerprint density at radius 1 is 1.06 bits per heavy atom. The molecule has 0 spiro atoms. The summed E-state index contributed by atoms with van der Waals surface area (Å²) in [5, 5.41) is 9.98. The first-order valence-electron chi connectivity index (χ1n) is 10.9. The summed E-state index contributed by atoms with van der Waals surface area (Å²) in [5.41, 5.74) is 11.1. The molecule has 5 aromatic rings. The van der Waals surface area contributed by atoms with E-state index >= 15 is 0 Å². The average molecular weight is 481 g/mol. The van der Waals surface area contributed by atoms with Crippen molar-refractivity contribution < 1.29 is 0 Å². The van der Waals surface area contributed by atoms with E-state index in [0.717, 1.165) is 16.8 Å². The zero-order valence-electron chi connectivity index (χ0n) is 19.1. The standard InChI is InChI=1S/C27H21ClN6O/c1-33-16-31-15-24(33)27(30,19-6-8-20(28)9-7-19)23-11-10-22-26(32-23)21(13-25(35)34(22)2)18-5-3-4-17(12-18)14-29/h3-13,15-16H,30H2,1-2H3. The quantitative estimate of drug-likeness (QED) is 0.417. The van der Waals surface area contributed by atoms with Crippen LogP contribution in [0.4, 0.5) is 0 Å². The van der Waals surface area contributed by atoms with Crippen LogP contribution in [0.5, 0.6) is 0 Å². The molecular formula is C27H21ClN6O. The van der Waals surface area contributed by atoms with E-state index in [9.17, 15) is 10.1 Å². The maximum absolute atomic E-state index is 12.8. The first-order chi connectivity index (χ1) is 16.8. The fourth-order valence-corrected chi connectivity index (χ4v) is 4.53. The minimum atomic E-state index is -1.15. The summed E-state index contributed by atoms with van der Waals surface area (Å²) in [6.45, 7) is 0. The predicted octanol–water partition coefficient (Wildman–Crippen LogP) is 4.11. The van der Waals surface area contributed by atoms with Crippen LogP contribution >= 0.6 is 11.6 Å². The molecule has 172 valence electrons. The van der Waals surface area contributed by atoms with Crippen molar-refractivity contribution in [2.24, 2.45) is 19.8 Å². The zero-order valence-corrected chi connectivity index (χ0v) is 19.9. The van der Waals surface area contributed by atoms with Gasteiger partial charge in [-0.05, 0) is 47.5 Å². The Labute approximate surface area is 206 Å². The summed E-state index contributed by atoms with van der Waals surface area (Å²) in [6, 6.07) is 21.8. The molecule has 0 amide bonds. The zero-order chi connectivity index (χ0) is 24.7. The Morgan fingerprint density at radius 3 is 2.51 bits per heavy atom. The number of nitriles is 1. The number of benzene rings is 2. The molecule has 0 aliphatic carbocycles. The van der Waals surface area contributed by atoms with Crippen molar-refractivity contribution in [3.8, 4) is 17.2 Å². The third kappa shape index (κ3) is 3.69. The second-order valence-electron chi connectivity index (χ2n) is 8.42. The van der Waals surface area contributed by atoms with E-state index in [-0.39, 0.29) is 5.56 Å². The molecule has 3 aromatic heterocycles. The van der Waals surface area contributed by atoms with Crippen LogP contribution in [0.1, 0.15) is 22.5 Å². The van der Waals surface area contributed by atoms with Gasteiger partial charge in [0.15, 0.2) is 0 Å². The van der Waals surface area contributed by atoms with Gasteiger partial charge in [-0.2, -0.15) is 5.26 Å². The van der Waals surface area contributed by atoms with Crippen LogP contribution < -0.4 is 11.3 Å². The molecule has 0 saturated carbocycles. The van der Waals surface area contributed by atoms with Crippen molar-refractivity contribution >= 4 is 22.6 Å². The third-order valence-corrected chi connectivity index (χ3v) is 6.57. The number of halogens is 1. The van der Waals surface area contributed by atoms with Gasteiger partial charge >= 0.3 is 0 Å². The summed E-state index contributed by atoms with van der Waals surface area (Å²) in [7, 11) is 3.58. The Balaban J connectivity index is 1.84. The lowest BCUT2D eigenvalue weighted by atomic mass is 9.84. The summed E-state index contributed by atoms with van der Waals surface area (Å²) < 4.78 is 3.41. The Bertz CT molecular complexity index is 1680. The maximum atomic E-state index is 12.8. The molecule has 3 heterocycles. The van der Waals surface area contributed by atoms with Crippen LogP contribution in [0.15, 0.2) is 84.0 Å². The van der Waals surface area contributed by atoms with Crippen LogP contribution in [0, 0.1) is 11.3 Å². The lowest BCUT2D eigenvalue weighted by Gasteiger charge is -2.30. The lowest BCUT2D eigenvalue weighted by Crippen LogP contribution is -2.41. The molecule has 8 heteroatoms. The van der Waals surface area contributed by atoms with E-state index in [4.69, 9.17) is 22.3 Å². The summed E-state index contributed by atoms with van der Waals surface area (Å²) in [4.78, 5) is 22.1. The number of rotatable bonds is 4. The molecule has 0 saturated heterocycles. The maximum Gasteiger partial charge on any atom is 0.251 e. The van der Waals surface area contributed by atoms with E-state index in [1.54, 1.807) is 60.5 Å². The molecule has 0 aliphatic rings. The number of pyridine rings is 2. The van der Waals surface area contributed by atoms with Crippen molar-refractivity contribution in [2.75, 3.05) is 0 Å². The fourth-order valence-electron chi connectivity index (χ4n) is 4.40. The van der Waals surface area contributed by atoms with Crippen molar-refractivity contribution in [1.29, 1.82) is 5.26 Å². The minimum absolute atomic E-state index is 0.173. The van der Waals surface area contributed by atoms with Gasteiger partial charge in [-0.15, -0.1) is 0 Å². The highest BCUT2D eigenvalue weighted by Gasteiger charge is 2.36. The van der Waals surface area contributed by atoms with Crippen molar-refractivity contribution in [2.45, 2.75) is 5.54 Å².